The van der Waals surface area contributed by atoms with Crippen molar-refractivity contribution in [2.75, 3.05) is 29.9 Å². The number of carbonyl (C=O) groups excluding carboxylic acids is 1. The number of amides is 1. The van der Waals surface area contributed by atoms with Gasteiger partial charge in [0.05, 0.1) is 5.56 Å². The molecule has 1 saturated heterocycles. The summed E-state index contributed by atoms with van der Waals surface area (Å²) in [5, 5.41) is 13.6. The van der Waals surface area contributed by atoms with E-state index in [1.54, 1.807) is 0 Å². The number of piperidine rings is 1. The van der Waals surface area contributed by atoms with Crippen LogP contribution < -0.4 is 15.5 Å². The van der Waals surface area contributed by atoms with Gasteiger partial charge in [-0.3, -0.25) is 10.2 Å². The molecular formula is C14H20N6O. The summed E-state index contributed by atoms with van der Waals surface area (Å²) >= 11 is 0. The third-order valence-corrected chi connectivity index (χ3v) is 3.78. The third-order valence-electron chi connectivity index (χ3n) is 3.78. The topological polar surface area (TPSA) is 94.0 Å². The summed E-state index contributed by atoms with van der Waals surface area (Å²) < 4.78 is 0. The van der Waals surface area contributed by atoms with E-state index in [2.05, 4.69) is 32.4 Å². The molecule has 1 amide bonds. The first-order valence-corrected chi connectivity index (χ1v) is 7.52. The Balaban J connectivity index is 2.00. The Morgan fingerprint density at radius 2 is 2.05 bits per heavy atom. The fourth-order valence-corrected chi connectivity index (χ4v) is 2.69. The lowest BCUT2D eigenvalue weighted by molar-refractivity contribution is 0.0978. The first-order chi connectivity index (χ1) is 10.2. The van der Waals surface area contributed by atoms with Crippen LogP contribution in [0.5, 0.6) is 0 Å². The van der Waals surface area contributed by atoms with Gasteiger partial charge in [0.15, 0.2) is 0 Å². The van der Waals surface area contributed by atoms with Gasteiger partial charge in [-0.1, -0.05) is 6.92 Å². The smallest absolute Gasteiger partial charge is 0.276 e. The molecular weight excluding hydrogens is 268 g/mol. The summed E-state index contributed by atoms with van der Waals surface area (Å²) in [7, 11) is 0. The molecule has 7 nitrogen and oxygen atoms in total. The predicted octanol–water partition coefficient (Wildman–Crippen LogP) is 1.36. The second-order valence-electron chi connectivity index (χ2n) is 5.40. The Bertz CT molecular complexity index is 579. The standard InChI is InChI=1S/C14H20N6O/c1-2-6-16-12-9-10(13(21)18-11(9)15)17-14(19-12)20-7-4-3-5-8-20/h2-8H2,1H3,(H2,15,18,21)(H,16,17,19). The van der Waals surface area contributed by atoms with E-state index >= 15 is 0 Å². The number of carbonyl (C=O) groups is 1. The van der Waals surface area contributed by atoms with Gasteiger partial charge in [0.2, 0.25) is 5.95 Å². The van der Waals surface area contributed by atoms with E-state index in [4.69, 9.17) is 5.41 Å². The maximum absolute atomic E-state index is 11.9. The van der Waals surface area contributed by atoms with Gasteiger partial charge < -0.3 is 15.5 Å². The summed E-state index contributed by atoms with van der Waals surface area (Å²) in [6, 6.07) is 0. The van der Waals surface area contributed by atoms with Crippen LogP contribution in [-0.2, 0) is 0 Å². The Morgan fingerprint density at radius 3 is 2.76 bits per heavy atom. The first-order valence-electron chi connectivity index (χ1n) is 7.52. The molecule has 3 heterocycles. The van der Waals surface area contributed by atoms with Gasteiger partial charge in [0.25, 0.3) is 5.91 Å². The molecule has 3 N–H and O–H groups in total. The minimum Gasteiger partial charge on any atom is -0.369 e. The van der Waals surface area contributed by atoms with Crippen molar-refractivity contribution in [2.24, 2.45) is 0 Å². The average molecular weight is 288 g/mol. The van der Waals surface area contributed by atoms with Crippen molar-refractivity contribution >= 4 is 23.5 Å². The number of nitrogens with one attached hydrogen (secondary N) is 3. The Labute approximate surface area is 123 Å². The summed E-state index contributed by atoms with van der Waals surface area (Å²) in [4.78, 5) is 23.0. The maximum atomic E-state index is 11.9. The zero-order valence-corrected chi connectivity index (χ0v) is 12.2. The number of fused-ring (bicyclic) bond motifs is 1. The highest BCUT2D eigenvalue weighted by molar-refractivity contribution is 6.23. The molecule has 2 aliphatic rings. The second-order valence-corrected chi connectivity index (χ2v) is 5.40. The molecule has 0 bridgehead atoms. The molecule has 0 spiro atoms. The highest BCUT2D eigenvalue weighted by atomic mass is 16.2. The van der Waals surface area contributed by atoms with E-state index in [0.717, 1.165) is 38.9 Å². The lowest BCUT2D eigenvalue weighted by Gasteiger charge is -2.27. The molecule has 2 aliphatic heterocycles. The quantitative estimate of drug-likeness (QED) is 0.777. The van der Waals surface area contributed by atoms with Gasteiger partial charge in [-0.05, 0) is 25.7 Å². The minimum atomic E-state index is -0.310. The molecule has 0 unspecified atom stereocenters. The molecule has 0 aromatic carbocycles. The molecule has 3 rings (SSSR count). The molecule has 1 aromatic rings. The monoisotopic (exact) mass is 288 g/mol. The highest BCUT2D eigenvalue weighted by Gasteiger charge is 2.31. The van der Waals surface area contributed by atoms with Crippen LogP contribution in [0.25, 0.3) is 0 Å². The molecule has 0 saturated carbocycles. The maximum Gasteiger partial charge on any atom is 0.276 e. The molecule has 0 aliphatic carbocycles. The Morgan fingerprint density at radius 1 is 1.29 bits per heavy atom. The van der Waals surface area contributed by atoms with Gasteiger partial charge in [0.1, 0.15) is 17.3 Å². The molecule has 0 radical (unpaired) electrons. The fourth-order valence-electron chi connectivity index (χ4n) is 2.69. The number of amidine groups is 1. The molecule has 112 valence electrons. The van der Waals surface area contributed by atoms with Crippen LogP contribution in [-0.4, -0.2) is 41.3 Å². The zero-order valence-electron chi connectivity index (χ0n) is 12.2. The molecule has 1 fully saturated rings. The van der Waals surface area contributed by atoms with Crippen LogP contribution >= 0.6 is 0 Å². The number of nitrogens with zero attached hydrogens (tertiary/aromatic N) is 3. The third kappa shape index (κ3) is 2.55. The number of rotatable bonds is 4. The predicted molar refractivity (Wildman–Crippen MR) is 81.2 cm³/mol. The summed E-state index contributed by atoms with van der Waals surface area (Å²) in [5.74, 6) is 0.955. The van der Waals surface area contributed by atoms with Crippen LogP contribution in [0.4, 0.5) is 11.8 Å². The summed E-state index contributed by atoms with van der Waals surface area (Å²) in [6.45, 7) is 4.66. The van der Waals surface area contributed by atoms with Crippen LogP contribution in [0.2, 0.25) is 0 Å². The SMILES string of the molecule is CCCNc1nc(N2CCCCC2)nc2c1C(=N)NC2=O. The van der Waals surface area contributed by atoms with Crippen molar-refractivity contribution in [1.29, 1.82) is 5.41 Å². The van der Waals surface area contributed by atoms with Gasteiger partial charge in [-0.25, -0.2) is 4.98 Å². The number of hydrogen-bond acceptors (Lipinski definition) is 6. The van der Waals surface area contributed by atoms with Crippen LogP contribution in [0.15, 0.2) is 0 Å². The minimum absolute atomic E-state index is 0.0822. The van der Waals surface area contributed by atoms with Crippen molar-refractivity contribution in [3.63, 3.8) is 0 Å². The van der Waals surface area contributed by atoms with Gasteiger partial charge >= 0.3 is 0 Å². The van der Waals surface area contributed by atoms with E-state index < -0.39 is 0 Å². The molecule has 21 heavy (non-hydrogen) atoms. The molecule has 0 atom stereocenters. The summed E-state index contributed by atoms with van der Waals surface area (Å²) in [6.07, 6.45) is 4.43. The van der Waals surface area contributed by atoms with Crippen molar-refractivity contribution in [3.05, 3.63) is 11.3 Å². The highest BCUT2D eigenvalue weighted by Crippen LogP contribution is 2.25. The van der Waals surface area contributed by atoms with Gasteiger partial charge in [0, 0.05) is 19.6 Å². The van der Waals surface area contributed by atoms with E-state index in [9.17, 15) is 4.79 Å². The van der Waals surface area contributed by atoms with E-state index in [0.29, 0.717) is 23.0 Å². The second kappa shape index (κ2) is 5.67. The number of aromatic nitrogens is 2. The van der Waals surface area contributed by atoms with E-state index in [-0.39, 0.29) is 11.7 Å². The number of hydrogen-bond donors (Lipinski definition) is 3. The largest absolute Gasteiger partial charge is 0.369 e. The van der Waals surface area contributed by atoms with Crippen molar-refractivity contribution in [2.45, 2.75) is 32.6 Å². The molecule has 7 heteroatoms. The van der Waals surface area contributed by atoms with Crippen LogP contribution in [0, 0.1) is 5.41 Å². The molecule has 1 aromatic heterocycles. The van der Waals surface area contributed by atoms with Crippen molar-refractivity contribution in [1.82, 2.24) is 15.3 Å². The fraction of sp³-hybridized carbons (Fsp3) is 0.571. The normalized spacial score (nSPS) is 17.7. The van der Waals surface area contributed by atoms with Crippen LogP contribution in [0.1, 0.15) is 48.7 Å². The Hall–Kier alpha value is -2.18. The first kappa shape index (κ1) is 13.8. The number of anilines is 2. The van der Waals surface area contributed by atoms with Gasteiger partial charge in [-0.2, -0.15) is 4.98 Å². The Kier molecular flexibility index (Phi) is 3.72. The summed E-state index contributed by atoms with van der Waals surface area (Å²) in [5.41, 5.74) is 0.809. The van der Waals surface area contributed by atoms with Crippen LogP contribution in [0.3, 0.4) is 0 Å². The van der Waals surface area contributed by atoms with Crippen molar-refractivity contribution in [3.8, 4) is 0 Å². The van der Waals surface area contributed by atoms with Crippen molar-refractivity contribution < 1.29 is 4.79 Å². The van der Waals surface area contributed by atoms with Gasteiger partial charge in [-0.15, -0.1) is 0 Å². The van der Waals surface area contributed by atoms with E-state index in [1.165, 1.54) is 6.42 Å². The van der Waals surface area contributed by atoms with E-state index in [1.807, 2.05) is 0 Å². The lowest BCUT2D eigenvalue weighted by atomic mass is 10.1. The average Bonchev–Trinajstić information content (AvgIpc) is 2.80. The zero-order chi connectivity index (χ0) is 14.8. The lowest BCUT2D eigenvalue weighted by Crippen LogP contribution is -2.31.